The molecule has 0 radical (unpaired) electrons. The molecular weight excluding hydrogens is 250 g/mol. The first-order valence-corrected chi connectivity index (χ1v) is 7.42. The van der Waals surface area contributed by atoms with E-state index in [1.165, 1.54) is 0 Å². The van der Waals surface area contributed by atoms with E-state index in [0.29, 0.717) is 5.92 Å². The molecule has 0 fully saturated rings. The Morgan fingerprint density at radius 1 is 1.25 bits per heavy atom. The maximum absolute atomic E-state index is 12.0. The summed E-state index contributed by atoms with van der Waals surface area (Å²) in [6.07, 6.45) is 0.434. The van der Waals surface area contributed by atoms with Gasteiger partial charge in [-0.2, -0.15) is 0 Å². The van der Waals surface area contributed by atoms with Gasteiger partial charge in [0.1, 0.15) is 5.75 Å². The van der Waals surface area contributed by atoms with Crippen LogP contribution >= 0.6 is 0 Å². The van der Waals surface area contributed by atoms with Crippen LogP contribution < -0.4 is 10.1 Å². The van der Waals surface area contributed by atoms with Crippen LogP contribution in [-0.4, -0.2) is 18.1 Å². The molecule has 1 aromatic carbocycles. The van der Waals surface area contributed by atoms with Gasteiger partial charge in [-0.05, 0) is 50.3 Å². The fraction of sp³-hybridized carbons (Fsp3) is 0.588. The standard InChI is InChI=1S/C17H27NO2/c1-7-13(5)18-17(19)14(6)20-16-10-12(4)8-9-15(16)11(2)3/h8-11,13-14H,7H2,1-6H3,(H,18,19)/t13-,14-/m1/s1. The highest BCUT2D eigenvalue weighted by atomic mass is 16.5. The zero-order chi connectivity index (χ0) is 15.3. The van der Waals surface area contributed by atoms with Crippen LogP contribution in [-0.2, 0) is 4.79 Å². The van der Waals surface area contributed by atoms with E-state index >= 15 is 0 Å². The topological polar surface area (TPSA) is 38.3 Å². The Morgan fingerprint density at radius 2 is 1.90 bits per heavy atom. The van der Waals surface area contributed by atoms with Crippen molar-refractivity contribution in [1.29, 1.82) is 0 Å². The third kappa shape index (κ3) is 4.55. The van der Waals surface area contributed by atoms with Crippen molar-refractivity contribution in [3.63, 3.8) is 0 Å². The number of aryl methyl sites for hydroxylation is 1. The average Bonchev–Trinajstić information content (AvgIpc) is 2.38. The molecule has 0 spiro atoms. The maximum atomic E-state index is 12.0. The van der Waals surface area contributed by atoms with Crippen LogP contribution in [0.15, 0.2) is 18.2 Å². The van der Waals surface area contributed by atoms with Gasteiger partial charge in [0.2, 0.25) is 0 Å². The highest BCUT2D eigenvalue weighted by molar-refractivity contribution is 5.81. The van der Waals surface area contributed by atoms with Gasteiger partial charge < -0.3 is 10.1 Å². The Hall–Kier alpha value is -1.51. The lowest BCUT2D eigenvalue weighted by Gasteiger charge is -2.21. The van der Waals surface area contributed by atoms with E-state index in [9.17, 15) is 4.79 Å². The van der Waals surface area contributed by atoms with Crippen LogP contribution in [0.1, 0.15) is 58.1 Å². The molecule has 1 aromatic rings. The second kappa shape index (κ2) is 7.32. The lowest BCUT2D eigenvalue weighted by Crippen LogP contribution is -2.41. The minimum Gasteiger partial charge on any atom is -0.481 e. The predicted molar refractivity (Wildman–Crippen MR) is 83.3 cm³/mol. The SMILES string of the molecule is CC[C@@H](C)NC(=O)[C@@H](C)Oc1cc(C)ccc1C(C)C. The van der Waals surface area contributed by atoms with Crippen LogP contribution in [0.4, 0.5) is 0 Å². The molecule has 3 nitrogen and oxygen atoms in total. The number of amides is 1. The first-order valence-electron chi connectivity index (χ1n) is 7.42. The number of rotatable bonds is 6. The predicted octanol–water partition coefficient (Wildman–Crippen LogP) is 3.80. The molecule has 112 valence electrons. The number of hydrogen-bond acceptors (Lipinski definition) is 2. The van der Waals surface area contributed by atoms with Crippen molar-refractivity contribution in [1.82, 2.24) is 5.32 Å². The molecule has 0 aliphatic heterocycles. The van der Waals surface area contributed by atoms with E-state index in [1.54, 1.807) is 6.92 Å². The number of nitrogens with one attached hydrogen (secondary N) is 1. The lowest BCUT2D eigenvalue weighted by molar-refractivity contribution is -0.127. The van der Waals surface area contributed by atoms with Gasteiger partial charge in [0.15, 0.2) is 6.10 Å². The molecule has 20 heavy (non-hydrogen) atoms. The summed E-state index contributed by atoms with van der Waals surface area (Å²) in [4.78, 5) is 12.0. The summed E-state index contributed by atoms with van der Waals surface area (Å²) < 4.78 is 5.88. The lowest BCUT2D eigenvalue weighted by atomic mass is 10.0. The van der Waals surface area contributed by atoms with Crippen molar-refractivity contribution < 1.29 is 9.53 Å². The van der Waals surface area contributed by atoms with E-state index in [1.807, 2.05) is 26.8 Å². The van der Waals surface area contributed by atoms with Crippen LogP contribution in [0.5, 0.6) is 5.75 Å². The van der Waals surface area contributed by atoms with Gasteiger partial charge in [-0.3, -0.25) is 4.79 Å². The molecule has 2 atom stereocenters. The summed E-state index contributed by atoms with van der Waals surface area (Å²) in [5.41, 5.74) is 2.28. The van der Waals surface area contributed by atoms with Gasteiger partial charge in [0, 0.05) is 6.04 Å². The molecular formula is C17H27NO2. The number of hydrogen-bond donors (Lipinski definition) is 1. The molecule has 0 unspecified atom stereocenters. The van der Waals surface area contributed by atoms with E-state index < -0.39 is 6.10 Å². The largest absolute Gasteiger partial charge is 0.481 e. The van der Waals surface area contributed by atoms with E-state index in [2.05, 4.69) is 31.3 Å². The fourth-order valence-corrected chi connectivity index (χ4v) is 1.93. The molecule has 0 saturated carbocycles. The fourth-order valence-electron chi connectivity index (χ4n) is 1.93. The minimum absolute atomic E-state index is 0.0597. The third-order valence-corrected chi connectivity index (χ3v) is 3.47. The second-order valence-electron chi connectivity index (χ2n) is 5.77. The molecule has 3 heteroatoms. The van der Waals surface area contributed by atoms with E-state index in [-0.39, 0.29) is 11.9 Å². The quantitative estimate of drug-likeness (QED) is 0.859. The van der Waals surface area contributed by atoms with Gasteiger partial charge in [-0.15, -0.1) is 0 Å². The van der Waals surface area contributed by atoms with E-state index in [4.69, 9.17) is 4.74 Å². The first kappa shape index (κ1) is 16.5. The number of carbonyl (C=O) groups excluding carboxylic acids is 1. The summed E-state index contributed by atoms with van der Waals surface area (Å²) in [5, 5.41) is 2.95. The summed E-state index contributed by atoms with van der Waals surface area (Å²) in [6.45, 7) is 12.1. The van der Waals surface area contributed by atoms with Gasteiger partial charge >= 0.3 is 0 Å². The van der Waals surface area contributed by atoms with Crippen LogP contribution in [0, 0.1) is 6.92 Å². The molecule has 1 N–H and O–H groups in total. The van der Waals surface area contributed by atoms with Crippen LogP contribution in [0.2, 0.25) is 0 Å². The van der Waals surface area contributed by atoms with E-state index in [0.717, 1.165) is 23.3 Å². The normalized spacial score (nSPS) is 13.9. The zero-order valence-corrected chi connectivity index (χ0v) is 13.5. The van der Waals surface area contributed by atoms with Crippen LogP contribution in [0.25, 0.3) is 0 Å². The molecule has 1 rings (SSSR count). The van der Waals surface area contributed by atoms with Crippen molar-refractivity contribution >= 4 is 5.91 Å². The minimum atomic E-state index is -0.483. The third-order valence-electron chi connectivity index (χ3n) is 3.47. The Kier molecular flexibility index (Phi) is 6.05. The van der Waals surface area contributed by atoms with Gasteiger partial charge in [-0.1, -0.05) is 32.9 Å². The molecule has 1 amide bonds. The second-order valence-corrected chi connectivity index (χ2v) is 5.77. The highest BCUT2D eigenvalue weighted by Crippen LogP contribution is 2.28. The number of benzene rings is 1. The Bertz CT molecular complexity index is 454. The molecule has 0 saturated heterocycles. The average molecular weight is 277 g/mol. The summed E-state index contributed by atoms with van der Waals surface area (Å²) in [5.74, 6) is 1.12. The van der Waals surface area contributed by atoms with Crippen molar-refractivity contribution in [2.45, 2.75) is 66.0 Å². The monoisotopic (exact) mass is 277 g/mol. The molecule has 0 aromatic heterocycles. The Labute approximate surface area is 122 Å². The van der Waals surface area contributed by atoms with Gasteiger partial charge in [-0.25, -0.2) is 0 Å². The number of ether oxygens (including phenoxy) is 1. The van der Waals surface area contributed by atoms with Crippen molar-refractivity contribution in [3.05, 3.63) is 29.3 Å². The highest BCUT2D eigenvalue weighted by Gasteiger charge is 2.18. The molecule has 0 bridgehead atoms. The van der Waals surface area contributed by atoms with Crippen LogP contribution in [0.3, 0.4) is 0 Å². The van der Waals surface area contributed by atoms with Crippen molar-refractivity contribution in [2.24, 2.45) is 0 Å². The van der Waals surface area contributed by atoms with Gasteiger partial charge in [0.05, 0.1) is 0 Å². The van der Waals surface area contributed by atoms with Gasteiger partial charge in [0.25, 0.3) is 5.91 Å². The molecule has 0 aliphatic carbocycles. The maximum Gasteiger partial charge on any atom is 0.260 e. The molecule has 0 aliphatic rings. The van der Waals surface area contributed by atoms with Crippen molar-refractivity contribution in [3.8, 4) is 5.75 Å². The summed E-state index contributed by atoms with van der Waals surface area (Å²) in [6, 6.07) is 6.33. The Balaban J connectivity index is 2.81. The Morgan fingerprint density at radius 3 is 2.45 bits per heavy atom. The summed E-state index contributed by atoms with van der Waals surface area (Å²) in [7, 11) is 0. The van der Waals surface area contributed by atoms with Crippen molar-refractivity contribution in [2.75, 3.05) is 0 Å². The first-order chi connectivity index (χ1) is 9.35. The smallest absolute Gasteiger partial charge is 0.260 e. The zero-order valence-electron chi connectivity index (χ0n) is 13.5. The summed E-state index contributed by atoms with van der Waals surface area (Å²) >= 11 is 0. The number of carbonyl (C=O) groups is 1. The molecule has 0 heterocycles.